The standard InChI is InChI=1S/C16H13F2N3O2S/c17-14-7-4-8-15(18)13(14)11-24(22,23)20-16-9-10-19-21(16)12-5-2-1-3-6-12/h1-10,20H,11H2. The van der Waals surface area contributed by atoms with Gasteiger partial charge in [-0.1, -0.05) is 24.3 Å². The van der Waals surface area contributed by atoms with Crippen molar-refractivity contribution in [1.29, 1.82) is 0 Å². The predicted octanol–water partition coefficient (Wildman–Crippen LogP) is 3.09. The number of hydrogen-bond donors (Lipinski definition) is 1. The topological polar surface area (TPSA) is 64.0 Å². The van der Waals surface area contributed by atoms with Crippen molar-refractivity contribution in [3.8, 4) is 5.69 Å². The molecule has 0 atom stereocenters. The highest BCUT2D eigenvalue weighted by molar-refractivity contribution is 7.91. The molecule has 124 valence electrons. The van der Waals surface area contributed by atoms with Crippen LogP contribution in [0.15, 0.2) is 60.8 Å². The van der Waals surface area contributed by atoms with Gasteiger partial charge in [-0.2, -0.15) is 5.10 Å². The van der Waals surface area contributed by atoms with Gasteiger partial charge in [0.05, 0.1) is 11.9 Å². The second kappa shape index (κ2) is 6.40. The zero-order chi connectivity index (χ0) is 17.2. The van der Waals surface area contributed by atoms with Crippen LogP contribution >= 0.6 is 0 Å². The van der Waals surface area contributed by atoms with Gasteiger partial charge < -0.3 is 0 Å². The SMILES string of the molecule is O=S(=O)(Cc1c(F)cccc1F)Nc1ccnn1-c1ccccc1. The van der Waals surface area contributed by atoms with Crippen LogP contribution in [-0.2, 0) is 15.8 Å². The molecule has 0 fully saturated rings. The number of nitrogens with zero attached hydrogens (tertiary/aromatic N) is 2. The Kier molecular flexibility index (Phi) is 4.30. The maximum Gasteiger partial charge on any atom is 0.238 e. The van der Waals surface area contributed by atoms with Crippen molar-refractivity contribution < 1.29 is 17.2 Å². The molecule has 0 radical (unpaired) electrons. The second-order valence-electron chi connectivity index (χ2n) is 5.03. The van der Waals surface area contributed by atoms with E-state index in [0.29, 0.717) is 5.69 Å². The van der Waals surface area contributed by atoms with Gasteiger partial charge in [0, 0.05) is 11.6 Å². The van der Waals surface area contributed by atoms with Gasteiger partial charge in [-0.3, -0.25) is 4.72 Å². The van der Waals surface area contributed by atoms with Crippen molar-refractivity contribution in [3.05, 3.63) is 78.0 Å². The minimum Gasteiger partial charge on any atom is -0.267 e. The molecule has 1 N–H and O–H groups in total. The van der Waals surface area contributed by atoms with E-state index in [1.165, 1.54) is 23.0 Å². The highest BCUT2D eigenvalue weighted by Gasteiger charge is 2.20. The Labute approximate surface area is 137 Å². The largest absolute Gasteiger partial charge is 0.267 e. The van der Waals surface area contributed by atoms with E-state index in [-0.39, 0.29) is 5.82 Å². The van der Waals surface area contributed by atoms with Crippen LogP contribution in [0.25, 0.3) is 5.69 Å². The Morgan fingerprint density at radius 3 is 2.29 bits per heavy atom. The Bertz CT molecular complexity index is 936. The summed E-state index contributed by atoms with van der Waals surface area (Å²) in [5, 5.41) is 4.05. The molecule has 0 aliphatic rings. The molecule has 1 aromatic heterocycles. The third kappa shape index (κ3) is 3.43. The number of rotatable bonds is 5. The van der Waals surface area contributed by atoms with Gasteiger partial charge in [-0.15, -0.1) is 0 Å². The van der Waals surface area contributed by atoms with Crippen molar-refractivity contribution >= 4 is 15.8 Å². The fourth-order valence-corrected chi connectivity index (χ4v) is 3.41. The van der Waals surface area contributed by atoms with E-state index in [4.69, 9.17) is 0 Å². The smallest absolute Gasteiger partial charge is 0.238 e. The molecule has 0 saturated heterocycles. The lowest BCUT2D eigenvalue weighted by Gasteiger charge is -2.11. The molecule has 3 rings (SSSR count). The molecular formula is C16H13F2N3O2S. The van der Waals surface area contributed by atoms with Crippen molar-refractivity contribution in [3.63, 3.8) is 0 Å². The number of para-hydroxylation sites is 1. The number of benzene rings is 2. The molecule has 0 spiro atoms. The third-order valence-electron chi connectivity index (χ3n) is 3.30. The lowest BCUT2D eigenvalue weighted by molar-refractivity contribution is 0.557. The third-order valence-corrected chi connectivity index (χ3v) is 4.49. The minimum atomic E-state index is -4.02. The van der Waals surface area contributed by atoms with E-state index < -0.39 is 33.0 Å². The van der Waals surface area contributed by atoms with Crippen LogP contribution in [0.4, 0.5) is 14.6 Å². The molecule has 5 nitrogen and oxygen atoms in total. The molecule has 24 heavy (non-hydrogen) atoms. The monoisotopic (exact) mass is 349 g/mol. The molecule has 0 amide bonds. The van der Waals surface area contributed by atoms with E-state index >= 15 is 0 Å². The molecule has 2 aromatic carbocycles. The second-order valence-corrected chi connectivity index (χ2v) is 6.75. The average Bonchev–Trinajstić information content (AvgIpc) is 2.99. The Morgan fingerprint density at radius 2 is 1.62 bits per heavy atom. The summed E-state index contributed by atoms with van der Waals surface area (Å²) in [5.74, 6) is -2.45. The molecular weight excluding hydrogens is 336 g/mol. The zero-order valence-corrected chi connectivity index (χ0v) is 13.2. The summed E-state index contributed by atoms with van der Waals surface area (Å²) in [7, 11) is -4.02. The molecule has 8 heteroatoms. The van der Waals surface area contributed by atoms with Crippen LogP contribution in [0.2, 0.25) is 0 Å². The average molecular weight is 349 g/mol. The first kappa shape index (κ1) is 16.1. The van der Waals surface area contributed by atoms with Gasteiger partial charge in [0.1, 0.15) is 23.2 Å². The molecule has 0 aliphatic heterocycles. The Morgan fingerprint density at radius 1 is 0.958 bits per heavy atom. The van der Waals surface area contributed by atoms with Gasteiger partial charge >= 0.3 is 0 Å². The summed E-state index contributed by atoms with van der Waals surface area (Å²) in [6.45, 7) is 0. The summed E-state index contributed by atoms with van der Waals surface area (Å²) in [6, 6.07) is 13.6. The number of nitrogens with one attached hydrogen (secondary N) is 1. The summed E-state index contributed by atoms with van der Waals surface area (Å²) in [6.07, 6.45) is 1.43. The van der Waals surface area contributed by atoms with Gasteiger partial charge in [0.2, 0.25) is 10.0 Å². The summed E-state index contributed by atoms with van der Waals surface area (Å²) < 4.78 is 55.5. The molecule has 1 heterocycles. The predicted molar refractivity (Wildman–Crippen MR) is 86.2 cm³/mol. The Hall–Kier alpha value is -2.74. The first-order valence-electron chi connectivity index (χ1n) is 6.99. The zero-order valence-electron chi connectivity index (χ0n) is 12.4. The molecule has 0 aliphatic carbocycles. The van der Waals surface area contributed by atoms with Crippen molar-refractivity contribution in [1.82, 2.24) is 9.78 Å². The summed E-state index contributed by atoms with van der Waals surface area (Å²) >= 11 is 0. The number of anilines is 1. The fraction of sp³-hybridized carbons (Fsp3) is 0.0625. The van der Waals surface area contributed by atoms with E-state index in [1.54, 1.807) is 24.3 Å². The molecule has 0 unspecified atom stereocenters. The van der Waals surface area contributed by atoms with Gasteiger partial charge in [0.15, 0.2) is 0 Å². The number of hydrogen-bond acceptors (Lipinski definition) is 3. The number of sulfonamides is 1. The summed E-state index contributed by atoms with van der Waals surface area (Å²) in [4.78, 5) is 0. The van der Waals surface area contributed by atoms with Crippen molar-refractivity contribution in [2.75, 3.05) is 4.72 Å². The minimum absolute atomic E-state index is 0.179. The molecule has 0 bridgehead atoms. The maximum atomic E-state index is 13.7. The molecule has 3 aromatic rings. The summed E-state index contributed by atoms with van der Waals surface area (Å²) in [5.41, 5.74) is 0.146. The van der Waals surface area contributed by atoms with Crippen LogP contribution in [0, 0.1) is 11.6 Å². The lowest BCUT2D eigenvalue weighted by atomic mass is 10.2. The van der Waals surface area contributed by atoms with Crippen molar-refractivity contribution in [2.24, 2.45) is 0 Å². The van der Waals surface area contributed by atoms with Gasteiger partial charge in [-0.25, -0.2) is 21.9 Å². The van der Waals surface area contributed by atoms with Crippen LogP contribution in [-0.4, -0.2) is 18.2 Å². The lowest BCUT2D eigenvalue weighted by Crippen LogP contribution is -2.19. The first-order chi connectivity index (χ1) is 11.5. The number of halogens is 2. The fourth-order valence-electron chi connectivity index (χ4n) is 2.21. The maximum absolute atomic E-state index is 13.7. The van der Waals surface area contributed by atoms with E-state index in [9.17, 15) is 17.2 Å². The van der Waals surface area contributed by atoms with Crippen LogP contribution in [0.1, 0.15) is 5.56 Å². The van der Waals surface area contributed by atoms with E-state index in [0.717, 1.165) is 12.1 Å². The normalized spacial score (nSPS) is 11.4. The van der Waals surface area contributed by atoms with E-state index in [1.807, 2.05) is 6.07 Å². The van der Waals surface area contributed by atoms with Crippen LogP contribution in [0.3, 0.4) is 0 Å². The first-order valence-corrected chi connectivity index (χ1v) is 8.64. The van der Waals surface area contributed by atoms with Crippen molar-refractivity contribution in [2.45, 2.75) is 5.75 Å². The quantitative estimate of drug-likeness (QED) is 0.770. The van der Waals surface area contributed by atoms with Gasteiger partial charge in [0.25, 0.3) is 0 Å². The van der Waals surface area contributed by atoms with E-state index in [2.05, 4.69) is 9.82 Å². The Balaban J connectivity index is 1.88. The number of aromatic nitrogens is 2. The highest BCUT2D eigenvalue weighted by Crippen LogP contribution is 2.19. The van der Waals surface area contributed by atoms with Gasteiger partial charge in [-0.05, 0) is 24.3 Å². The van der Waals surface area contributed by atoms with Crippen LogP contribution < -0.4 is 4.72 Å². The van der Waals surface area contributed by atoms with Crippen LogP contribution in [0.5, 0.6) is 0 Å². The highest BCUT2D eigenvalue weighted by atomic mass is 32.2. The molecule has 0 saturated carbocycles.